The van der Waals surface area contributed by atoms with Crippen LogP contribution in [0, 0.1) is 0 Å². The molecule has 1 saturated heterocycles. The average Bonchev–Trinajstić information content (AvgIpc) is 3.15. The summed E-state index contributed by atoms with van der Waals surface area (Å²) in [6, 6.07) is 17.8. The minimum absolute atomic E-state index is 0.0222. The Morgan fingerprint density at radius 2 is 1.92 bits per heavy atom. The number of para-hydroxylation sites is 1. The fraction of sp³-hybridized carbons (Fsp3) is 0.350. The molecular formula is C20H24N2O3. The molecule has 1 aliphatic heterocycles. The predicted octanol–water partition coefficient (Wildman–Crippen LogP) is 2.90. The molecule has 0 bridgehead atoms. The van der Waals surface area contributed by atoms with Gasteiger partial charge in [0.1, 0.15) is 12.4 Å². The lowest BCUT2D eigenvalue weighted by Crippen LogP contribution is -2.45. The van der Waals surface area contributed by atoms with Crippen LogP contribution in [0.2, 0.25) is 0 Å². The number of nitrogens with zero attached hydrogens (tertiary/aromatic N) is 1. The van der Waals surface area contributed by atoms with Crippen molar-refractivity contribution in [3.63, 3.8) is 0 Å². The molecule has 0 radical (unpaired) electrons. The van der Waals surface area contributed by atoms with E-state index in [9.17, 15) is 9.90 Å². The molecule has 5 nitrogen and oxygen atoms in total. The zero-order valence-corrected chi connectivity index (χ0v) is 14.2. The zero-order valence-electron chi connectivity index (χ0n) is 14.2. The molecule has 2 aromatic carbocycles. The summed E-state index contributed by atoms with van der Waals surface area (Å²) in [5.41, 5.74) is 2.14. The van der Waals surface area contributed by atoms with Gasteiger partial charge in [0.2, 0.25) is 0 Å². The van der Waals surface area contributed by atoms with Gasteiger partial charge in [0.15, 0.2) is 0 Å². The summed E-state index contributed by atoms with van der Waals surface area (Å²) >= 11 is 0. The Morgan fingerprint density at radius 1 is 1.16 bits per heavy atom. The molecule has 1 unspecified atom stereocenters. The lowest BCUT2D eigenvalue weighted by atomic mass is 10.1. The molecule has 1 atom stereocenters. The van der Waals surface area contributed by atoms with E-state index in [0.29, 0.717) is 19.7 Å². The van der Waals surface area contributed by atoms with Crippen LogP contribution in [-0.4, -0.2) is 48.4 Å². The van der Waals surface area contributed by atoms with Crippen molar-refractivity contribution in [3.8, 4) is 16.9 Å². The molecule has 0 spiro atoms. The molecule has 2 N–H and O–H groups in total. The van der Waals surface area contributed by atoms with Crippen molar-refractivity contribution in [3.05, 3.63) is 54.6 Å². The quantitative estimate of drug-likeness (QED) is 0.795. The first-order valence-corrected chi connectivity index (χ1v) is 8.72. The maximum absolute atomic E-state index is 12.2. The fourth-order valence-electron chi connectivity index (χ4n) is 3.16. The Bertz CT molecular complexity index is 690. The first-order valence-electron chi connectivity index (χ1n) is 8.72. The van der Waals surface area contributed by atoms with Crippen LogP contribution >= 0.6 is 0 Å². The van der Waals surface area contributed by atoms with Crippen molar-refractivity contribution in [1.82, 2.24) is 10.2 Å². The summed E-state index contributed by atoms with van der Waals surface area (Å²) in [6.45, 7) is 1.55. The molecule has 2 amide bonds. The highest BCUT2D eigenvalue weighted by Gasteiger charge is 2.27. The number of benzene rings is 2. The van der Waals surface area contributed by atoms with Crippen LogP contribution in [0.15, 0.2) is 54.6 Å². The Labute approximate surface area is 148 Å². The zero-order chi connectivity index (χ0) is 17.5. The van der Waals surface area contributed by atoms with E-state index in [1.54, 1.807) is 4.90 Å². The van der Waals surface area contributed by atoms with E-state index in [-0.39, 0.29) is 18.7 Å². The number of carbonyl (C=O) groups is 1. The van der Waals surface area contributed by atoms with E-state index in [4.69, 9.17) is 4.74 Å². The number of hydrogen-bond acceptors (Lipinski definition) is 3. The van der Waals surface area contributed by atoms with E-state index in [2.05, 4.69) is 5.32 Å². The van der Waals surface area contributed by atoms with Crippen molar-refractivity contribution in [2.45, 2.75) is 18.9 Å². The normalized spacial score (nSPS) is 16.7. The number of nitrogens with one attached hydrogen (secondary N) is 1. The van der Waals surface area contributed by atoms with Crippen LogP contribution in [-0.2, 0) is 0 Å². The molecule has 5 heteroatoms. The molecule has 1 aliphatic rings. The van der Waals surface area contributed by atoms with Crippen LogP contribution < -0.4 is 10.1 Å². The maximum Gasteiger partial charge on any atom is 0.317 e. The average molecular weight is 340 g/mol. The van der Waals surface area contributed by atoms with E-state index < -0.39 is 0 Å². The molecule has 0 saturated carbocycles. The maximum atomic E-state index is 12.2. The number of aliphatic hydroxyl groups is 1. The van der Waals surface area contributed by atoms with Gasteiger partial charge in [-0.3, -0.25) is 0 Å². The molecular weight excluding hydrogens is 316 g/mol. The summed E-state index contributed by atoms with van der Waals surface area (Å²) in [6.07, 6.45) is 1.81. The van der Waals surface area contributed by atoms with Crippen LogP contribution in [0.4, 0.5) is 4.79 Å². The largest absolute Gasteiger partial charge is 0.491 e. The number of hydrogen-bond donors (Lipinski definition) is 2. The van der Waals surface area contributed by atoms with Gasteiger partial charge in [-0.2, -0.15) is 0 Å². The molecule has 0 aromatic heterocycles. The minimum atomic E-state index is -0.128. The van der Waals surface area contributed by atoms with Gasteiger partial charge in [-0.15, -0.1) is 0 Å². The van der Waals surface area contributed by atoms with Gasteiger partial charge >= 0.3 is 6.03 Å². The second-order valence-corrected chi connectivity index (χ2v) is 6.11. The molecule has 25 heavy (non-hydrogen) atoms. The lowest BCUT2D eigenvalue weighted by molar-refractivity contribution is 0.156. The highest BCUT2D eigenvalue weighted by atomic mass is 16.5. The fourth-order valence-corrected chi connectivity index (χ4v) is 3.16. The van der Waals surface area contributed by atoms with Gasteiger partial charge in [-0.25, -0.2) is 4.79 Å². The standard InChI is InChI=1S/C20H24N2O3/c23-15-17-9-6-13-22(17)20(24)21-12-14-25-19-11-5-4-10-18(19)16-7-2-1-3-8-16/h1-5,7-8,10-11,17,23H,6,9,12-15H2,(H,21,24). The molecule has 3 rings (SSSR count). The number of likely N-dealkylation sites (tertiary alicyclic amines) is 1. The van der Waals surface area contributed by atoms with E-state index in [1.165, 1.54) is 0 Å². The van der Waals surface area contributed by atoms with Crippen LogP contribution in [0.5, 0.6) is 5.75 Å². The first-order chi connectivity index (χ1) is 12.3. The van der Waals surface area contributed by atoms with Gasteiger partial charge < -0.3 is 20.1 Å². The third-order valence-electron chi connectivity index (χ3n) is 4.46. The van der Waals surface area contributed by atoms with Crippen molar-refractivity contribution >= 4 is 6.03 Å². The highest BCUT2D eigenvalue weighted by Crippen LogP contribution is 2.29. The van der Waals surface area contributed by atoms with Crippen molar-refractivity contribution < 1.29 is 14.6 Å². The molecule has 132 valence electrons. The summed E-state index contributed by atoms with van der Waals surface area (Å²) < 4.78 is 5.88. The van der Waals surface area contributed by atoms with Crippen LogP contribution in [0.25, 0.3) is 11.1 Å². The van der Waals surface area contributed by atoms with Crippen molar-refractivity contribution in [2.24, 2.45) is 0 Å². The van der Waals surface area contributed by atoms with Gasteiger partial charge in [0.05, 0.1) is 19.2 Å². The van der Waals surface area contributed by atoms with E-state index in [1.807, 2.05) is 54.6 Å². The number of aliphatic hydroxyl groups excluding tert-OH is 1. The predicted molar refractivity (Wildman–Crippen MR) is 97.6 cm³/mol. The number of urea groups is 1. The Morgan fingerprint density at radius 3 is 2.72 bits per heavy atom. The van der Waals surface area contributed by atoms with Gasteiger partial charge in [-0.1, -0.05) is 48.5 Å². The highest BCUT2D eigenvalue weighted by molar-refractivity contribution is 5.75. The van der Waals surface area contributed by atoms with Gasteiger partial charge in [0, 0.05) is 12.1 Å². The Balaban J connectivity index is 1.52. The van der Waals surface area contributed by atoms with E-state index >= 15 is 0 Å². The first kappa shape index (κ1) is 17.3. The van der Waals surface area contributed by atoms with E-state index in [0.717, 1.165) is 29.7 Å². The molecule has 1 heterocycles. The summed E-state index contributed by atoms with van der Waals surface area (Å²) in [7, 11) is 0. The number of carbonyl (C=O) groups excluding carboxylic acids is 1. The number of rotatable bonds is 6. The second-order valence-electron chi connectivity index (χ2n) is 6.11. The van der Waals surface area contributed by atoms with Crippen LogP contribution in [0.1, 0.15) is 12.8 Å². The molecule has 2 aromatic rings. The number of ether oxygens (including phenoxy) is 1. The lowest BCUT2D eigenvalue weighted by Gasteiger charge is -2.23. The minimum Gasteiger partial charge on any atom is -0.491 e. The third-order valence-corrected chi connectivity index (χ3v) is 4.46. The Kier molecular flexibility index (Phi) is 5.90. The Hall–Kier alpha value is -2.53. The monoisotopic (exact) mass is 340 g/mol. The summed E-state index contributed by atoms with van der Waals surface area (Å²) in [4.78, 5) is 13.9. The second kappa shape index (κ2) is 8.53. The smallest absolute Gasteiger partial charge is 0.317 e. The summed E-state index contributed by atoms with van der Waals surface area (Å²) in [5, 5.41) is 12.2. The molecule has 0 aliphatic carbocycles. The van der Waals surface area contributed by atoms with Crippen molar-refractivity contribution in [2.75, 3.05) is 26.3 Å². The van der Waals surface area contributed by atoms with Gasteiger partial charge in [-0.05, 0) is 24.5 Å². The van der Waals surface area contributed by atoms with Crippen molar-refractivity contribution in [1.29, 1.82) is 0 Å². The number of amides is 2. The van der Waals surface area contributed by atoms with Gasteiger partial charge in [0.25, 0.3) is 0 Å². The molecule has 1 fully saturated rings. The third kappa shape index (κ3) is 4.31. The SMILES string of the molecule is O=C(NCCOc1ccccc1-c1ccccc1)N1CCCC1CO. The topological polar surface area (TPSA) is 61.8 Å². The summed E-state index contributed by atoms with van der Waals surface area (Å²) in [5.74, 6) is 0.803. The van der Waals surface area contributed by atoms with Crippen LogP contribution in [0.3, 0.4) is 0 Å².